The molecule has 8 heteroatoms. The van der Waals surface area contributed by atoms with Crippen LogP contribution in [-0.2, 0) is 10.0 Å². The molecule has 2 rings (SSSR count). The molecule has 1 aromatic carbocycles. The smallest absolute Gasteiger partial charge is 0.263 e. The van der Waals surface area contributed by atoms with Gasteiger partial charge in [0.25, 0.3) is 10.0 Å². The summed E-state index contributed by atoms with van der Waals surface area (Å²) in [5.41, 5.74) is 0.520. The fourth-order valence-electron chi connectivity index (χ4n) is 1.40. The maximum Gasteiger partial charge on any atom is 0.263 e. The van der Waals surface area contributed by atoms with Gasteiger partial charge in [-0.3, -0.25) is 4.72 Å². The summed E-state index contributed by atoms with van der Waals surface area (Å²) in [4.78, 5) is 3.68. The van der Waals surface area contributed by atoms with Crippen LogP contribution in [0.15, 0.2) is 41.4 Å². The molecule has 0 bridgehead atoms. The Morgan fingerprint density at radius 1 is 1.20 bits per heavy atom. The van der Waals surface area contributed by atoms with E-state index >= 15 is 0 Å². The number of rotatable bonds is 3. The zero-order chi connectivity index (χ0) is 14.8. The molecule has 5 nitrogen and oxygen atoms in total. The van der Waals surface area contributed by atoms with Gasteiger partial charge in [-0.2, -0.15) is 5.26 Å². The van der Waals surface area contributed by atoms with Crippen LogP contribution in [0.4, 0.5) is 5.69 Å². The number of hydrogen-bond acceptors (Lipinski definition) is 4. The van der Waals surface area contributed by atoms with Gasteiger partial charge in [0.05, 0.1) is 16.3 Å². The number of nitriles is 1. The molecule has 0 aliphatic carbocycles. The van der Waals surface area contributed by atoms with Crippen LogP contribution >= 0.6 is 23.2 Å². The summed E-state index contributed by atoms with van der Waals surface area (Å²) in [5, 5.41) is 9.12. The molecule has 0 saturated carbocycles. The van der Waals surface area contributed by atoms with Gasteiger partial charge in [-0.1, -0.05) is 23.2 Å². The normalized spacial score (nSPS) is 10.8. The van der Waals surface area contributed by atoms with Gasteiger partial charge in [0.15, 0.2) is 0 Å². The van der Waals surface area contributed by atoms with E-state index in [9.17, 15) is 8.42 Å². The van der Waals surface area contributed by atoms with Crippen molar-refractivity contribution in [3.8, 4) is 6.07 Å². The Labute approximate surface area is 125 Å². The molecule has 0 aliphatic rings. The van der Waals surface area contributed by atoms with Crippen LogP contribution in [-0.4, -0.2) is 13.4 Å². The van der Waals surface area contributed by atoms with Gasteiger partial charge < -0.3 is 0 Å². The van der Waals surface area contributed by atoms with Crippen molar-refractivity contribution in [3.63, 3.8) is 0 Å². The third-order valence-electron chi connectivity index (χ3n) is 2.35. The Balaban J connectivity index is 2.31. The highest BCUT2D eigenvalue weighted by molar-refractivity contribution is 7.92. The van der Waals surface area contributed by atoms with E-state index in [1.165, 1.54) is 30.3 Å². The second-order valence-corrected chi connectivity index (χ2v) is 6.21. The standard InChI is InChI=1S/C12H7Cl2N3O2S/c13-11-5-9(2-1-8(11)6-15)17-20(18,19)10-3-4-12(14)16-7-10/h1-5,7,17H. The number of nitrogens with zero attached hydrogens (tertiary/aromatic N) is 2. The summed E-state index contributed by atoms with van der Waals surface area (Å²) >= 11 is 11.4. The van der Waals surface area contributed by atoms with E-state index in [2.05, 4.69) is 9.71 Å². The molecular weight excluding hydrogens is 321 g/mol. The molecule has 0 saturated heterocycles. The van der Waals surface area contributed by atoms with Gasteiger partial charge in [0, 0.05) is 6.20 Å². The molecule has 0 atom stereocenters. The van der Waals surface area contributed by atoms with Gasteiger partial charge in [-0.15, -0.1) is 0 Å². The first-order chi connectivity index (χ1) is 9.42. The van der Waals surface area contributed by atoms with E-state index in [-0.39, 0.29) is 26.3 Å². The number of hydrogen-bond donors (Lipinski definition) is 1. The molecule has 0 spiro atoms. The van der Waals surface area contributed by atoms with Gasteiger partial charge in [0.1, 0.15) is 16.1 Å². The summed E-state index contributed by atoms with van der Waals surface area (Å²) in [6, 6.07) is 8.85. The highest BCUT2D eigenvalue weighted by Crippen LogP contribution is 2.22. The molecule has 0 radical (unpaired) electrons. The second-order valence-electron chi connectivity index (χ2n) is 3.73. The van der Waals surface area contributed by atoms with Crippen LogP contribution < -0.4 is 4.72 Å². The van der Waals surface area contributed by atoms with Crippen molar-refractivity contribution >= 4 is 38.9 Å². The molecule has 1 N–H and O–H groups in total. The zero-order valence-electron chi connectivity index (χ0n) is 9.84. The SMILES string of the molecule is N#Cc1ccc(NS(=O)(=O)c2ccc(Cl)nc2)cc1Cl. The number of aromatic nitrogens is 1. The predicted molar refractivity (Wildman–Crippen MR) is 76.2 cm³/mol. The monoisotopic (exact) mass is 327 g/mol. The van der Waals surface area contributed by atoms with Gasteiger partial charge in [-0.05, 0) is 30.3 Å². The lowest BCUT2D eigenvalue weighted by molar-refractivity contribution is 0.601. The van der Waals surface area contributed by atoms with Crippen molar-refractivity contribution in [1.82, 2.24) is 4.98 Å². The minimum absolute atomic E-state index is 0.0256. The number of nitrogens with one attached hydrogen (secondary N) is 1. The molecule has 1 aromatic heterocycles. The van der Waals surface area contributed by atoms with E-state index in [0.29, 0.717) is 0 Å². The number of sulfonamides is 1. The largest absolute Gasteiger partial charge is 0.280 e. The lowest BCUT2D eigenvalue weighted by Crippen LogP contribution is -2.13. The highest BCUT2D eigenvalue weighted by atomic mass is 35.5. The third kappa shape index (κ3) is 3.20. The average molecular weight is 328 g/mol. The molecule has 20 heavy (non-hydrogen) atoms. The molecular formula is C12H7Cl2N3O2S. The lowest BCUT2D eigenvalue weighted by atomic mass is 10.2. The van der Waals surface area contributed by atoms with E-state index in [4.69, 9.17) is 28.5 Å². The van der Waals surface area contributed by atoms with E-state index in [0.717, 1.165) is 6.20 Å². The number of halogens is 2. The van der Waals surface area contributed by atoms with Gasteiger partial charge in [0.2, 0.25) is 0 Å². The van der Waals surface area contributed by atoms with Crippen molar-refractivity contribution in [3.05, 3.63) is 52.3 Å². The fourth-order valence-corrected chi connectivity index (χ4v) is 2.73. The summed E-state index contributed by atoms with van der Waals surface area (Å²) < 4.78 is 26.5. The van der Waals surface area contributed by atoms with Crippen LogP contribution in [0.25, 0.3) is 0 Å². The van der Waals surface area contributed by atoms with Crippen molar-refractivity contribution in [1.29, 1.82) is 5.26 Å². The van der Waals surface area contributed by atoms with Crippen molar-refractivity contribution in [2.45, 2.75) is 4.90 Å². The Hall–Kier alpha value is -1.81. The van der Waals surface area contributed by atoms with E-state index in [1.54, 1.807) is 0 Å². The third-order valence-corrected chi connectivity index (χ3v) is 4.26. The summed E-state index contributed by atoms with van der Waals surface area (Å²) in [6.45, 7) is 0. The Bertz CT molecular complexity index is 783. The zero-order valence-corrected chi connectivity index (χ0v) is 12.2. The highest BCUT2D eigenvalue weighted by Gasteiger charge is 2.15. The summed E-state index contributed by atoms with van der Waals surface area (Å²) in [5.74, 6) is 0. The van der Waals surface area contributed by atoms with Crippen LogP contribution in [0.3, 0.4) is 0 Å². The number of benzene rings is 1. The van der Waals surface area contributed by atoms with Crippen molar-refractivity contribution in [2.75, 3.05) is 4.72 Å². The first kappa shape index (κ1) is 14.6. The number of pyridine rings is 1. The topological polar surface area (TPSA) is 82.9 Å². The quantitative estimate of drug-likeness (QED) is 0.878. The second kappa shape index (κ2) is 5.67. The van der Waals surface area contributed by atoms with E-state index in [1.807, 2.05) is 6.07 Å². The van der Waals surface area contributed by atoms with Crippen molar-refractivity contribution < 1.29 is 8.42 Å². The predicted octanol–water partition coefficient (Wildman–Crippen LogP) is 3.06. The minimum Gasteiger partial charge on any atom is -0.280 e. The minimum atomic E-state index is -3.78. The van der Waals surface area contributed by atoms with Crippen LogP contribution in [0.2, 0.25) is 10.2 Å². The lowest BCUT2D eigenvalue weighted by Gasteiger charge is -2.08. The summed E-state index contributed by atoms with van der Waals surface area (Å²) in [6.07, 6.45) is 1.15. The first-order valence-corrected chi connectivity index (χ1v) is 7.50. The molecule has 0 amide bonds. The Morgan fingerprint density at radius 3 is 2.50 bits per heavy atom. The Kier molecular flexibility index (Phi) is 4.14. The first-order valence-electron chi connectivity index (χ1n) is 5.26. The van der Waals surface area contributed by atoms with Gasteiger partial charge in [-0.25, -0.2) is 13.4 Å². The molecule has 0 unspecified atom stereocenters. The molecule has 0 aliphatic heterocycles. The molecule has 2 aromatic rings. The molecule has 0 fully saturated rings. The number of anilines is 1. The maximum absolute atomic E-state index is 12.1. The van der Waals surface area contributed by atoms with Crippen LogP contribution in [0.5, 0.6) is 0 Å². The fraction of sp³-hybridized carbons (Fsp3) is 0. The van der Waals surface area contributed by atoms with Gasteiger partial charge >= 0.3 is 0 Å². The Morgan fingerprint density at radius 2 is 1.95 bits per heavy atom. The average Bonchev–Trinajstić information content (AvgIpc) is 2.39. The van der Waals surface area contributed by atoms with E-state index < -0.39 is 10.0 Å². The van der Waals surface area contributed by atoms with Crippen molar-refractivity contribution in [2.24, 2.45) is 0 Å². The maximum atomic E-state index is 12.1. The molecule has 102 valence electrons. The van der Waals surface area contributed by atoms with Crippen LogP contribution in [0, 0.1) is 11.3 Å². The van der Waals surface area contributed by atoms with Crippen LogP contribution in [0.1, 0.15) is 5.56 Å². The summed E-state index contributed by atoms with van der Waals surface area (Å²) in [7, 11) is -3.78. The molecule has 1 heterocycles.